The Bertz CT molecular complexity index is 927. The number of ether oxygens (including phenoxy) is 2. The number of nitrogens with one attached hydrogen (secondary N) is 1. The van der Waals surface area contributed by atoms with E-state index in [-0.39, 0.29) is 12.3 Å². The Hall–Kier alpha value is -3.35. The summed E-state index contributed by atoms with van der Waals surface area (Å²) >= 11 is 0. The third-order valence-electron chi connectivity index (χ3n) is 4.79. The van der Waals surface area contributed by atoms with Crippen LogP contribution in [0.25, 0.3) is 0 Å². The molecule has 2 aliphatic heterocycles. The molecule has 2 aromatic rings. The van der Waals surface area contributed by atoms with Crippen molar-refractivity contribution in [2.75, 3.05) is 19.8 Å². The molecule has 0 aliphatic carbocycles. The van der Waals surface area contributed by atoms with Gasteiger partial charge in [0.15, 0.2) is 17.3 Å². The van der Waals surface area contributed by atoms with Gasteiger partial charge in [-0.2, -0.15) is 0 Å². The highest BCUT2D eigenvalue weighted by Gasteiger charge is 2.49. The number of Topliss-reactive ketones (excluding diaryl/α,β-unsaturated/α-hetero) is 1. The van der Waals surface area contributed by atoms with E-state index in [0.717, 1.165) is 4.90 Å². The van der Waals surface area contributed by atoms with Crippen LogP contribution in [0, 0.1) is 0 Å². The van der Waals surface area contributed by atoms with Gasteiger partial charge in [-0.3, -0.25) is 14.5 Å². The first kappa shape index (κ1) is 17.1. The highest BCUT2D eigenvalue weighted by atomic mass is 16.6. The van der Waals surface area contributed by atoms with Crippen molar-refractivity contribution in [1.29, 1.82) is 0 Å². The molecule has 7 nitrogen and oxygen atoms in total. The van der Waals surface area contributed by atoms with Gasteiger partial charge in [0, 0.05) is 5.56 Å². The second-order valence-electron chi connectivity index (χ2n) is 6.59. The second kappa shape index (κ2) is 6.42. The molecule has 1 atom stereocenters. The lowest BCUT2D eigenvalue weighted by atomic mass is 9.91. The zero-order chi connectivity index (χ0) is 19.0. The Morgan fingerprint density at radius 2 is 1.78 bits per heavy atom. The van der Waals surface area contributed by atoms with Crippen LogP contribution in [0.1, 0.15) is 22.8 Å². The predicted octanol–water partition coefficient (Wildman–Crippen LogP) is 2.11. The van der Waals surface area contributed by atoms with Crippen molar-refractivity contribution in [2.24, 2.45) is 0 Å². The number of hydrogen-bond donors (Lipinski definition) is 1. The van der Waals surface area contributed by atoms with Crippen molar-refractivity contribution in [3.05, 3.63) is 59.7 Å². The molecule has 0 unspecified atom stereocenters. The molecule has 138 valence electrons. The van der Waals surface area contributed by atoms with Gasteiger partial charge in [0.1, 0.15) is 18.8 Å². The molecule has 2 heterocycles. The van der Waals surface area contributed by atoms with E-state index in [9.17, 15) is 14.4 Å². The van der Waals surface area contributed by atoms with Crippen LogP contribution in [0.4, 0.5) is 4.79 Å². The summed E-state index contributed by atoms with van der Waals surface area (Å²) in [7, 11) is 0. The SMILES string of the molecule is C[C@@]1(c2ccc3c(c2)OCCO3)NC(=O)N(CC(=O)c2ccccc2)C1=O. The zero-order valence-electron chi connectivity index (χ0n) is 14.7. The predicted molar refractivity (Wildman–Crippen MR) is 95.8 cm³/mol. The Kier molecular flexibility index (Phi) is 4.07. The van der Waals surface area contributed by atoms with Gasteiger partial charge >= 0.3 is 6.03 Å². The first-order chi connectivity index (χ1) is 13.0. The smallest absolute Gasteiger partial charge is 0.325 e. The molecule has 0 bridgehead atoms. The molecule has 0 aromatic heterocycles. The third-order valence-corrected chi connectivity index (χ3v) is 4.79. The molecule has 0 saturated carbocycles. The third kappa shape index (κ3) is 2.91. The number of fused-ring (bicyclic) bond motifs is 1. The van der Waals surface area contributed by atoms with Crippen molar-refractivity contribution < 1.29 is 23.9 Å². The Labute approximate surface area is 155 Å². The molecule has 0 spiro atoms. The van der Waals surface area contributed by atoms with Gasteiger partial charge in [0.05, 0.1) is 6.54 Å². The van der Waals surface area contributed by atoms with Crippen molar-refractivity contribution in [3.8, 4) is 11.5 Å². The van der Waals surface area contributed by atoms with Crippen molar-refractivity contribution in [2.45, 2.75) is 12.5 Å². The first-order valence-corrected chi connectivity index (χ1v) is 8.61. The summed E-state index contributed by atoms with van der Waals surface area (Å²) in [6, 6.07) is 13.1. The van der Waals surface area contributed by atoms with E-state index >= 15 is 0 Å². The van der Waals surface area contributed by atoms with Crippen LogP contribution in [0.3, 0.4) is 0 Å². The molecule has 2 aromatic carbocycles. The van der Waals surface area contributed by atoms with Crippen molar-refractivity contribution in [3.63, 3.8) is 0 Å². The van der Waals surface area contributed by atoms with Gasteiger partial charge < -0.3 is 14.8 Å². The first-order valence-electron chi connectivity index (χ1n) is 8.61. The van der Waals surface area contributed by atoms with Gasteiger partial charge in [-0.05, 0) is 24.6 Å². The van der Waals surface area contributed by atoms with Crippen LogP contribution in [0.15, 0.2) is 48.5 Å². The Morgan fingerprint density at radius 3 is 2.52 bits per heavy atom. The monoisotopic (exact) mass is 366 g/mol. The summed E-state index contributed by atoms with van der Waals surface area (Å²) in [5.41, 5.74) is -0.255. The minimum Gasteiger partial charge on any atom is -0.486 e. The summed E-state index contributed by atoms with van der Waals surface area (Å²) in [6.45, 7) is 2.19. The fraction of sp³-hybridized carbons (Fsp3) is 0.250. The number of hydrogen-bond acceptors (Lipinski definition) is 5. The molecular formula is C20H18N2O5. The Morgan fingerprint density at radius 1 is 1.07 bits per heavy atom. The highest BCUT2D eigenvalue weighted by molar-refractivity contribution is 6.11. The number of benzene rings is 2. The number of amides is 3. The number of carbonyl (C=O) groups excluding carboxylic acids is 3. The summed E-state index contributed by atoms with van der Waals surface area (Å²) < 4.78 is 11.1. The molecule has 7 heteroatoms. The van der Waals surface area contributed by atoms with Crippen LogP contribution in [0.5, 0.6) is 11.5 Å². The second-order valence-corrected chi connectivity index (χ2v) is 6.59. The molecule has 1 N–H and O–H groups in total. The molecule has 1 saturated heterocycles. The highest BCUT2D eigenvalue weighted by Crippen LogP contribution is 2.36. The maximum Gasteiger partial charge on any atom is 0.325 e. The molecule has 3 amide bonds. The Balaban J connectivity index is 1.59. The molecule has 4 rings (SSSR count). The molecule has 27 heavy (non-hydrogen) atoms. The average Bonchev–Trinajstić information content (AvgIpc) is 2.92. The van der Waals surface area contributed by atoms with Crippen molar-refractivity contribution >= 4 is 17.7 Å². The van der Waals surface area contributed by atoms with E-state index in [1.807, 2.05) is 0 Å². The number of nitrogens with zero attached hydrogens (tertiary/aromatic N) is 1. The van der Waals surface area contributed by atoms with Crippen LogP contribution in [-0.2, 0) is 10.3 Å². The van der Waals surface area contributed by atoms with Crippen molar-refractivity contribution in [1.82, 2.24) is 10.2 Å². The quantitative estimate of drug-likeness (QED) is 0.662. The standard InChI is InChI=1S/C20H18N2O5/c1-20(14-7-8-16-17(11-14)27-10-9-26-16)18(24)22(19(25)21-20)12-15(23)13-5-3-2-4-6-13/h2-8,11H,9-10,12H2,1H3,(H,21,25)/t20-/m0/s1. The van der Waals surface area contributed by atoms with Gasteiger partial charge in [-0.25, -0.2) is 4.79 Å². The van der Waals surface area contributed by atoms with Gasteiger partial charge in [0.2, 0.25) is 0 Å². The lowest BCUT2D eigenvalue weighted by Crippen LogP contribution is -2.41. The summed E-state index contributed by atoms with van der Waals surface area (Å²) in [5, 5.41) is 2.70. The van der Waals surface area contributed by atoms with E-state index in [1.165, 1.54) is 0 Å². The fourth-order valence-electron chi connectivity index (χ4n) is 3.25. The summed E-state index contributed by atoms with van der Waals surface area (Å²) in [6.07, 6.45) is 0. The normalized spacial score (nSPS) is 21.1. The number of rotatable bonds is 4. The van der Waals surface area contributed by atoms with E-state index in [0.29, 0.717) is 35.8 Å². The molecule has 1 fully saturated rings. The number of ketones is 1. The number of carbonyl (C=O) groups is 3. The van der Waals surface area contributed by atoms with E-state index in [1.54, 1.807) is 55.5 Å². The van der Waals surface area contributed by atoms with E-state index in [2.05, 4.69) is 5.32 Å². The lowest BCUT2D eigenvalue weighted by molar-refractivity contribution is -0.130. The van der Waals surface area contributed by atoms with Crippen LogP contribution < -0.4 is 14.8 Å². The average molecular weight is 366 g/mol. The van der Waals surface area contributed by atoms with Gasteiger partial charge in [-0.15, -0.1) is 0 Å². The maximum atomic E-state index is 13.0. The summed E-state index contributed by atoms with van der Waals surface area (Å²) in [5.74, 6) is 0.348. The minimum atomic E-state index is -1.27. The lowest BCUT2D eigenvalue weighted by Gasteiger charge is -2.25. The number of urea groups is 1. The van der Waals surface area contributed by atoms with Crippen LogP contribution in [0.2, 0.25) is 0 Å². The largest absolute Gasteiger partial charge is 0.486 e. The minimum absolute atomic E-state index is 0.300. The van der Waals surface area contributed by atoms with Crippen LogP contribution in [-0.4, -0.2) is 42.4 Å². The topological polar surface area (TPSA) is 84.9 Å². The van der Waals surface area contributed by atoms with Gasteiger partial charge in [-0.1, -0.05) is 36.4 Å². The van der Waals surface area contributed by atoms with E-state index < -0.39 is 17.5 Å². The maximum absolute atomic E-state index is 13.0. The number of imide groups is 1. The molecule has 0 radical (unpaired) electrons. The fourth-order valence-corrected chi connectivity index (χ4v) is 3.25. The molecular weight excluding hydrogens is 348 g/mol. The van der Waals surface area contributed by atoms with Gasteiger partial charge in [0.25, 0.3) is 5.91 Å². The zero-order valence-corrected chi connectivity index (χ0v) is 14.7. The van der Waals surface area contributed by atoms with E-state index in [4.69, 9.17) is 9.47 Å². The molecule has 2 aliphatic rings. The summed E-state index contributed by atoms with van der Waals surface area (Å²) in [4.78, 5) is 38.8. The van der Waals surface area contributed by atoms with Crippen LogP contribution >= 0.6 is 0 Å².